The molecule has 274 valence electrons. The number of hydrogen-bond donors (Lipinski definition) is 0. The Morgan fingerprint density at radius 1 is 0.534 bits per heavy atom. The van der Waals surface area contributed by atoms with Crippen LogP contribution in [-0.4, -0.2) is 6.85 Å². The summed E-state index contributed by atoms with van der Waals surface area (Å²) in [6, 6.07) is 63.0. The second-order valence-electron chi connectivity index (χ2n) is 17.7. The van der Waals surface area contributed by atoms with E-state index in [-0.39, 0.29) is 12.3 Å². The molecular formula is C54H39BN2S. The van der Waals surface area contributed by atoms with Crippen molar-refractivity contribution in [3.05, 3.63) is 197 Å². The molecule has 0 bridgehead atoms. The van der Waals surface area contributed by atoms with Crippen LogP contribution in [0, 0.1) is 6.92 Å². The first-order chi connectivity index (χ1) is 28.3. The molecule has 8 aromatic carbocycles. The maximum absolute atomic E-state index is 2.72. The van der Waals surface area contributed by atoms with Crippen molar-refractivity contribution in [2.75, 3.05) is 9.71 Å². The molecule has 4 aliphatic rings. The molecule has 9 aromatic rings. The van der Waals surface area contributed by atoms with Gasteiger partial charge in [0, 0.05) is 48.5 Å². The van der Waals surface area contributed by atoms with Gasteiger partial charge in [0.1, 0.15) is 0 Å². The Hall–Kier alpha value is -6.36. The Bertz CT molecular complexity index is 3210. The van der Waals surface area contributed by atoms with Gasteiger partial charge < -0.3 is 9.71 Å². The second-order valence-corrected chi connectivity index (χ2v) is 18.8. The monoisotopic (exact) mass is 758 g/mol. The molecule has 13 rings (SSSR count). The Kier molecular flexibility index (Phi) is 6.31. The SMILES string of the molecule is Cc1cc2c3c(c1)N1c4ccccc4C4(c5ccccc5-c5ccccc54)c4cccc(c41)B3N(c1ccc(C(C)(C)C)cc1)c1c-2ccc2sc3ccccc3c12. The summed E-state index contributed by atoms with van der Waals surface area (Å²) in [5.74, 6) is 0. The molecule has 1 spiro atoms. The zero-order valence-electron chi connectivity index (χ0n) is 33.0. The molecule has 3 aliphatic heterocycles. The lowest BCUT2D eigenvalue weighted by Crippen LogP contribution is -2.62. The van der Waals surface area contributed by atoms with Crippen LogP contribution in [0.5, 0.6) is 0 Å². The molecule has 0 saturated heterocycles. The van der Waals surface area contributed by atoms with Crippen molar-refractivity contribution in [1.29, 1.82) is 0 Å². The standard InChI is InChI=1S/C54H39BN2S/c1-32-30-39-37-28-29-48-49(38-16-7-12-23-47(38)58-48)51(37)57(34-26-24-33(25-27-34)53(2,3)4)55-44-21-13-20-43-52(44)56(46(31-32)50(39)55)45-22-11-10-19-42(45)54(43)40-17-8-5-14-35(40)36-15-6-9-18-41(36)54/h5-31H,1-4H3. The number of thiophene rings is 1. The average Bonchev–Trinajstić information content (AvgIpc) is 3.77. The van der Waals surface area contributed by atoms with Crippen molar-refractivity contribution in [3.8, 4) is 22.3 Å². The van der Waals surface area contributed by atoms with Crippen molar-refractivity contribution >= 4 is 77.7 Å². The summed E-state index contributed by atoms with van der Waals surface area (Å²) < 4.78 is 2.65. The molecule has 0 atom stereocenters. The van der Waals surface area contributed by atoms with E-state index in [1.807, 2.05) is 11.3 Å². The second kappa shape index (κ2) is 11.2. The van der Waals surface area contributed by atoms with Crippen LogP contribution in [0.25, 0.3) is 42.4 Å². The van der Waals surface area contributed by atoms with E-state index in [4.69, 9.17) is 0 Å². The highest BCUT2D eigenvalue weighted by Crippen LogP contribution is 2.64. The lowest BCUT2D eigenvalue weighted by molar-refractivity contribution is 0.590. The number of rotatable bonds is 1. The molecule has 1 aromatic heterocycles. The number of para-hydroxylation sites is 2. The van der Waals surface area contributed by atoms with Crippen molar-refractivity contribution in [1.82, 2.24) is 0 Å². The highest BCUT2D eigenvalue weighted by Gasteiger charge is 2.55. The summed E-state index contributed by atoms with van der Waals surface area (Å²) in [5.41, 5.74) is 22.0. The molecule has 58 heavy (non-hydrogen) atoms. The number of anilines is 5. The molecule has 4 heterocycles. The zero-order chi connectivity index (χ0) is 38.7. The molecule has 0 saturated carbocycles. The van der Waals surface area contributed by atoms with Gasteiger partial charge in [0.05, 0.1) is 11.1 Å². The van der Waals surface area contributed by atoms with Gasteiger partial charge in [0.2, 0.25) is 0 Å². The number of benzene rings is 8. The van der Waals surface area contributed by atoms with Crippen LogP contribution in [0.4, 0.5) is 28.4 Å². The van der Waals surface area contributed by atoms with Gasteiger partial charge >= 0.3 is 6.85 Å². The van der Waals surface area contributed by atoms with Crippen molar-refractivity contribution in [3.63, 3.8) is 0 Å². The van der Waals surface area contributed by atoms with Gasteiger partial charge in [0.15, 0.2) is 0 Å². The van der Waals surface area contributed by atoms with Crippen LogP contribution in [0.3, 0.4) is 0 Å². The van der Waals surface area contributed by atoms with Gasteiger partial charge in [-0.25, -0.2) is 0 Å². The van der Waals surface area contributed by atoms with Crippen molar-refractivity contribution in [2.45, 2.75) is 38.5 Å². The predicted molar refractivity (Wildman–Crippen MR) is 247 cm³/mol. The van der Waals surface area contributed by atoms with E-state index in [1.54, 1.807) is 0 Å². The molecule has 2 nitrogen and oxygen atoms in total. The third-order valence-corrected chi connectivity index (χ3v) is 14.8. The van der Waals surface area contributed by atoms with Crippen molar-refractivity contribution in [2.24, 2.45) is 0 Å². The maximum Gasteiger partial charge on any atom is 0.333 e. The van der Waals surface area contributed by atoms with Crippen LogP contribution >= 0.6 is 11.3 Å². The maximum atomic E-state index is 2.72. The normalized spacial score (nSPS) is 14.9. The summed E-state index contributed by atoms with van der Waals surface area (Å²) >= 11 is 1.91. The number of nitrogens with zero attached hydrogens (tertiary/aromatic N) is 2. The average molecular weight is 759 g/mol. The summed E-state index contributed by atoms with van der Waals surface area (Å²) in [6.45, 7) is 9.14. The van der Waals surface area contributed by atoms with Crippen LogP contribution < -0.4 is 20.6 Å². The predicted octanol–water partition coefficient (Wildman–Crippen LogP) is 13.0. The fourth-order valence-electron chi connectivity index (χ4n) is 11.3. The number of aryl methyl sites for hydroxylation is 1. The van der Waals surface area contributed by atoms with Gasteiger partial charge in [-0.2, -0.15) is 0 Å². The van der Waals surface area contributed by atoms with Gasteiger partial charge in [-0.3, -0.25) is 0 Å². The minimum atomic E-state index is -0.474. The first-order valence-electron chi connectivity index (χ1n) is 20.6. The summed E-state index contributed by atoms with van der Waals surface area (Å²) in [6.07, 6.45) is 0. The van der Waals surface area contributed by atoms with Gasteiger partial charge in [-0.1, -0.05) is 148 Å². The summed E-state index contributed by atoms with van der Waals surface area (Å²) in [7, 11) is 0. The third-order valence-electron chi connectivity index (χ3n) is 13.6. The highest BCUT2D eigenvalue weighted by molar-refractivity contribution is 7.26. The van der Waals surface area contributed by atoms with E-state index in [1.165, 1.54) is 115 Å². The van der Waals surface area contributed by atoms with E-state index >= 15 is 0 Å². The first-order valence-corrected chi connectivity index (χ1v) is 21.4. The van der Waals surface area contributed by atoms with Crippen molar-refractivity contribution < 1.29 is 0 Å². The molecule has 1 aliphatic carbocycles. The molecule has 0 radical (unpaired) electrons. The topological polar surface area (TPSA) is 6.48 Å². The quantitative estimate of drug-likeness (QED) is 0.154. The van der Waals surface area contributed by atoms with E-state index < -0.39 is 5.41 Å². The largest absolute Gasteiger partial charge is 0.376 e. The lowest BCUT2D eigenvalue weighted by Gasteiger charge is -2.51. The van der Waals surface area contributed by atoms with E-state index in [2.05, 4.69) is 201 Å². The molecule has 0 unspecified atom stereocenters. The Morgan fingerprint density at radius 2 is 1.21 bits per heavy atom. The molecular weight excluding hydrogens is 719 g/mol. The van der Waals surface area contributed by atoms with Gasteiger partial charge in [-0.15, -0.1) is 11.3 Å². The zero-order valence-corrected chi connectivity index (χ0v) is 33.8. The van der Waals surface area contributed by atoms with Gasteiger partial charge in [-0.05, 0) is 110 Å². The highest BCUT2D eigenvalue weighted by atomic mass is 32.1. The molecule has 0 N–H and O–H groups in total. The Morgan fingerprint density at radius 3 is 1.97 bits per heavy atom. The van der Waals surface area contributed by atoms with Crippen LogP contribution in [0.2, 0.25) is 0 Å². The minimum Gasteiger partial charge on any atom is -0.376 e. The van der Waals surface area contributed by atoms with E-state index in [9.17, 15) is 0 Å². The Balaban J connectivity index is 1.20. The minimum absolute atomic E-state index is 0.0475. The van der Waals surface area contributed by atoms with E-state index in [0.717, 1.165) is 0 Å². The third kappa shape index (κ3) is 3.94. The summed E-state index contributed by atoms with van der Waals surface area (Å²) in [4.78, 5) is 5.36. The number of hydrogen-bond acceptors (Lipinski definition) is 3. The lowest BCUT2D eigenvalue weighted by atomic mass is 9.42. The molecule has 0 fully saturated rings. The fraction of sp³-hybridized carbons (Fsp3) is 0.111. The first kappa shape index (κ1) is 32.7. The van der Waals surface area contributed by atoms with E-state index in [0.29, 0.717) is 0 Å². The number of fused-ring (bicyclic) bond motifs is 17. The summed E-state index contributed by atoms with van der Waals surface area (Å²) in [5, 5.41) is 2.67. The fourth-order valence-corrected chi connectivity index (χ4v) is 12.5. The molecule has 0 amide bonds. The Labute approximate surface area is 343 Å². The molecule has 4 heteroatoms. The van der Waals surface area contributed by atoms with Gasteiger partial charge in [0.25, 0.3) is 0 Å². The smallest absolute Gasteiger partial charge is 0.333 e. The van der Waals surface area contributed by atoms with Crippen LogP contribution in [0.1, 0.15) is 54.2 Å². The van der Waals surface area contributed by atoms with Crippen LogP contribution in [0.15, 0.2) is 164 Å². The van der Waals surface area contributed by atoms with Crippen LogP contribution in [-0.2, 0) is 10.8 Å².